The van der Waals surface area contributed by atoms with E-state index in [2.05, 4.69) is 20.9 Å². The Morgan fingerprint density at radius 1 is 1.14 bits per heavy atom. The molecule has 2 rings (SSSR count). The van der Waals surface area contributed by atoms with Gasteiger partial charge in [0.1, 0.15) is 17.5 Å². The Morgan fingerprint density at radius 3 is 2.45 bits per heavy atom. The largest absolute Gasteiger partial charge is 0.444 e. The number of alkyl carbamates (subject to hydrolysis) is 1. The topological polar surface area (TPSA) is 92.3 Å². The van der Waals surface area contributed by atoms with Crippen LogP contribution in [0.4, 0.5) is 26.2 Å². The van der Waals surface area contributed by atoms with Crippen molar-refractivity contribution in [1.29, 1.82) is 0 Å². The lowest BCUT2D eigenvalue weighted by molar-refractivity contribution is -0.119. The molecular formula is C21H27FN4O3. The summed E-state index contributed by atoms with van der Waals surface area (Å²) < 4.78 is 19.0. The maximum Gasteiger partial charge on any atom is 0.408 e. The molecule has 0 saturated heterocycles. The van der Waals surface area contributed by atoms with Gasteiger partial charge in [0.05, 0.1) is 23.3 Å². The third-order valence-corrected chi connectivity index (χ3v) is 3.80. The summed E-state index contributed by atoms with van der Waals surface area (Å²) in [5.41, 5.74) is 0.698. The molecule has 1 aromatic carbocycles. The van der Waals surface area contributed by atoms with Crippen molar-refractivity contribution >= 4 is 29.1 Å². The summed E-state index contributed by atoms with van der Waals surface area (Å²) in [6.45, 7) is 8.84. The minimum absolute atomic E-state index is 0.197. The molecule has 1 atom stereocenters. The van der Waals surface area contributed by atoms with Crippen molar-refractivity contribution < 1.29 is 18.7 Å². The van der Waals surface area contributed by atoms with Crippen molar-refractivity contribution in [3.8, 4) is 0 Å². The van der Waals surface area contributed by atoms with Crippen LogP contribution in [0.5, 0.6) is 0 Å². The van der Waals surface area contributed by atoms with Gasteiger partial charge in [-0.2, -0.15) is 0 Å². The molecule has 1 aromatic heterocycles. The highest BCUT2D eigenvalue weighted by atomic mass is 19.1. The molecule has 156 valence electrons. The number of halogens is 1. The van der Waals surface area contributed by atoms with Crippen LogP contribution < -0.4 is 16.0 Å². The predicted octanol–water partition coefficient (Wildman–Crippen LogP) is 4.45. The summed E-state index contributed by atoms with van der Waals surface area (Å²) >= 11 is 0. The van der Waals surface area contributed by atoms with Crippen molar-refractivity contribution in [2.45, 2.75) is 46.3 Å². The van der Waals surface area contributed by atoms with Gasteiger partial charge in [-0.25, -0.2) is 9.18 Å². The first-order chi connectivity index (χ1) is 13.5. The average Bonchev–Trinajstić information content (AvgIpc) is 2.61. The number of ether oxygens (including phenoxy) is 1. The fourth-order valence-corrected chi connectivity index (χ4v) is 2.50. The Kier molecular flexibility index (Phi) is 7.14. The normalized spacial score (nSPS) is 12.2. The molecule has 1 heterocycles. The summed E-state index contributed by atoms with van der Waals surface area (Å²) in [5, 5.41) is 8.37. The van der Waals surface area contributed by atoms with Gasteiger partial charge in [-0.3, -0.25) is 9.78 Å². The van der Waals surface area contributed by atoms with E-state index in [0.29, 0.717) is 17.1 Å². The zero-order valence-corrected chi connectivity index (χ0v) is 17.2. The van der Waals surface area contributed by atoms with E-state index in [-0.39, 0.29) is 5.92 Å². The third-order valence-electron chi connectivity index (χ3n) is 3.80. The highest BCUT2D eigenvalue weighted by Crippen LogP contribution is 2.26. The molecule has 0 aliphatic rings. The number of pyridine rings is 1. The number of rotatable bonds is 6. The first-order valence-electron chi connectivity index (χ1n) is 9.32. The molecular weight excluding hydrogens is 375 g/mol. The number of anilines is 3. The van der Waals surface area contributed by atoms with Gasteiger partial charge in [0, 0.05) is 6.20 Å². The molecule has 7 nitrogen and oxygen atoms in total. The van der Waals surface area contributed by atoms with Crippen LogP contribution in [-0.4, -0.2) is 28.6 Å². The molecule has 0 unspecified atom stereocenters. The van der Waals surface area contributed by atoms with Gasteiger partial charge in [-0.15, -0.1) is 0 Å². The van der Waals surface area contributed by atoms with E-state index in [1.165, 1.54) is 18.2 Å². The summed E-state index contributed by atoms with van der Waals surface area (Å²) in [4.78, 5) is 28.9. The van der Waals surface area contributed by atoms with Gasteiger partial charge >= 0.3 is 6.09 Å². The van der Waals surface area contributed by atoms with E-state index in [1.807, 2.05) is 0 Å². The Balaban J connectivity index is 2.18. The van der Waals surface area contributed by atoms with Crippen molar-refractivity contribution in [3.05, 3.63) is 48.5 Å². The number of amides is 2. The van der Waals surface area contributed by atoms with Crippen LogP contribution in [0.3, 0.4) is 0 Å². The van der Waals surface area contributed by atoms with E-state index in [0.717, 1.165) is 0 Å². The van der Waals surface area contributed by atoms with E-state index < -0.39 is 29.5 Å². The summed E-state index contributed by atoms with van der Waals surface area (Å²) in [6, 6.07) is 6.64. The van der Waals surface area contributed by atoms with Crippen LogP contribution in [0, 0.1) is 11.7 Å². The number of aromatic nitrogens is 1. The van der Waals surface area contributed by atoms with Gasteiger partial charge in [0.25, 0.3) is 0 Å². The second-order valence-corrected chi connectivity index (χ2v) is 7.91. The van der Waals surface area contributed by atoms with Crippen LogP contribution in [0.2, 0.25) is 0 Å². The van der Waals surface area contributed by atoms with E-state index in [9.17, 15) is 14.0 Å². The smallest absolute Gasteiger partial charge is 0.408 e. The van der Waals surface area contributed by atoms with Crippen LogP contribution in [0.15, 0.2) is 42.7 Å². The van der Waals surface area contributed by atoms with Crippen LogP contribution in [-0.2, 0) is 9.53 Å². The zero-order valence-electron chi connectivity index (χ0n) is 17.2. The van der Waals surface area contributed by atoms with E-state index in [1.54, 1.807) is 59.1 Å². The number of hydrogen-bond donors (Lipinski definition) is 3. The lowest BCUT2D eigenvalue weighted by atomic mass is 10.0. The van der Waals surface area contributed by atoms with Crippen molar-refractivity contribution in [3.63, 3.8) is 0 Å². The monoisotopic (exact) mass is 402 g/mol. The number of nitrogens with one attached hydrogen (secondary N) is 3. The Bertz CT molecular complexity index is 851. The van der Waals surface area contributed by atoms with Gasteiger partial charge in [-0.1, -0.05) is 13.8 Å². The maximum absolute atomic E-state index is 13.8. The molecule has 0 bridgehead atoms. The number of nitrogens with zero attached hydrogens (tertiary/aromatic N) is 1. The van der Waals surface area contributed by atoms with Crippen molar-refractivity contribution in [2.24, 2.45) is 5.92 Å². The quantitative estimate of drug-likeness (QED) is 0.664. The number of hydrogen-bond acceptors (Lipinski definition) is 5. The first kappa shape index (κ1) is 22.1. The highest BCUT2D eigenvalue weighted by Gasteiger charge is 2.27. The number of benzene rings is 1. The summed E-state index contributed by atoms with van der Waals surface area (Å²) in [6.07, 6.45) is 2.52. The van der Waals surface area contributed by atoms with Gasteiger partial charge in [0.15, 0.2) is 0 Å². The third kappa shape index (κ3) is 7.06. The summed E-state index contributed by atoms with van der Waals surface area (Å²) in [5.74, 6) is -1.09. The lowest BCUT2D eigenvalue weighted by Gasteiger charge is -2.25. The molecule has 3 N–H and O–H groups in total. The Labute approximate surface area is 170 Å². The van der Waals surface area contributed by atoms with Gasteiger partial charge in [-0.05, 0) is 57.0 Å². The van der Waals surface area contributed by atoms with Crippen molar-refractivity contribution in [2.75, 3.05) is 10.6 Å². The Hall–Kier alpha value is -3.16. The second-order valence-electron chi connectivity index (χ2n) is 7.91. The molecule has 29 heavy (non-hydrogen) atoms. The number of carbonyl (C=O) groups excluding carboxylic acids is 2. The van der Waals surface area contributed by atoms with E-state index in [4.69, 9.17) is 4.74 Å². The minimum Gasteiger partial charge on any atom is -0.444 e. The highest BCUT2D eigenvalue weighted by molar-refractivity contribution is 5.99. The van der Waals surface area contributed by atoms with Crippen molar-refractivity contribution in [1.82, 2.24) is 10.3 Å². The fourth-order valence-electron chi connectivity index (χ4n) is 2.50. The SMILES string of the molecule is CC(C)[C@H](NC(=O)OC(C)(C)C)C(=O)Nc1ccc(F)cc1Nc1cccnc1. The first-order valence-corrected chi connectivity index (χ1v) is 9.32. The molecule has 0 spiro atoms. The standard InChI is InChI=1S/C21H27FN4O3/c1-13(2)18(26-20(28)29-21(3,4)5)19(27)25-16-9-8-14(22)11-17(16)24-15-7-6-10-23-12-15/h6-13,18,24H,1-5H3,(H,25,27)(H,26,28)/t18-/m0/s1. The van der Waals surface area contributed by atoms with Crippen LogP contribution in [0.25, 0.3) is 0 Å². The molecule has 2 amide bonds. The van der Waals surface area contributed by atoms with Gasteiger partial charge in [0.2, 0.25) is 5.91 Å². The molecule has 8 heteroatoms. The molecule has 0 aliphatic heterocycles. The molecule has 0 saturated carbocycles. The minimum atomic E-state index is -0.832. The fraction of sp³-hybridized carbons (Fsp3) is 0.381. The van der Waals surface area contributed by atoms with Gasteiger partial charge < -0.3 is 20.7 Å². The molecule has 0 fully saturated rings. The molecule has 0 radical (unpaired) electrons. The summed E-state index contributed by atoms with van der Waals surface area (Å²) in [7, 11) is 0. The van der Waals surface area contributed by atoms with Crippen LogP contribution >= 0.6 is 0 Å². The zero-order chi connectivity index (χ0) is 21.6. The van der Waals surface area contributed by atoms with E-state index >= 15 is 0 Å². The lowest BCUT2D eigenvalue weighted by Crippen LogP contribution is -2.48. The molecule has 0 aliphatic carbocycles. The maximum atomic E-state index is 13.8. The number of carbonyl (C=O) groups is 2. The molecule has 2 aromatic rings. The second kappa shape index (κ2) is 9.36. The Morgan fingerprint density at radius 2 is 1.86 bits per heavy atom. The average molecular weight is 402 g/mol. The predicted molar refractivity (Wildman–Crippen MR) is 111 cm³/mol. The van der Waals surface area contributed by atoms with Crippen LogP contribution in [0.1, 0.15) is 34.6 Å².